The molecule has 0 aliphatic rings. The van der Waals surface area contributed by atoms with Gasteiger partial charge in [-0.3, -0.25) is 4.79 Å². The Kier molecular flexibility index (Phi) is 4.46. The van der Waals surface area contributed by atoms with Crippen molar-refractivity contribution in [2.24, 2.45) is 0 Å². The first-order valence-corrected chi connectivity index (χ1v) is 5.43. The highest BCUT2D eigenvalue weighted by molar-refractivity contribution is 5.80. The second-order valence-corrected chi connectivity index (χ2v) is 3.77. The van der Waals surface area contributed by atoms with E-state index in [9.17, 15) is 4.79 Å². The van der Waals surface area contributed by atoms with Crippen molar-refractivity contribution in [3.8, 4) is 0 Å². The van der Waals surface area contributed by atoms with Crippen LogP contribution in [0.5, 0.6) is 0 Å². The molecule has 1 aromatic heterocycles. The Hall–Kier alpha value is -2.09. The Balaban J connectivity index is 3.50. The normalized spacial score (nSPS) is 12.4. The van der Waals surface area contributed by atoms with E-state index in [4.69, 9.17) is 0 Å². The van der Waals surface area contributed by atoms with Gasteiger partial charge in [0.1, 0.15) is 0 Å². The largest absolute Gasteiger partial charge is 0.329 e. The Labute approximate surface area is 102 Å². The summed E-state index contributed by atoms with van der Waals surface area (Å²) >= 11 is 0. The summed E-state index contributed by atoms with van der Waals surface area (Å²) in [7, 11) is 0. The first kappa shape index (κ1) is 13.0. The molecule has 0 aromatic carbocycles. The molecule has 0 saturated heterocycles. The minimum atomic E-state index is -0.0880. The van der Waals surface area contributed by atoms with Gasteiger partial charge < -0.3 is 4.98 Å². The molecule has 88 valence electrons. The molecule has 0 saturated carbocycles. The smallest absolute Gasteiger partial charge is 0.256 e. The summed E-state index contributed by atoms with van der Waals surface area (Å²) in [4.78, 5) is 14.6. The summed E-state index contributed by atoms with van der Waals surface area (Å²) in [6, 6.07) is 1.88. The number of aromatic nitrogens is 1. The highest BCUT2D eigenvalue weighted by Gasteiger charge is 2.10. The van der Waals surface area contributed by atoms with E-state index in [1.165, 1.54) is 0 Å². The molecule has 0 fully saturated rings. The predicted molar refractivity (Wildman–Crippen MR) is 73.9 cm³/mol. The number of allylic oxidation sites excluding steroid dienone is 6. The summed E-state index contributed by atoms with van der Waals surface area (Å²) in [5.74, 6) is 0. The van der Waals surface area contributed by atoms with Gasteiger partial charge in [-0.15, -0.1) is 0 Å². The zero-order valence-corrected chi connectivity index (χ0v) is 10.3. The van der Waals surface area contributed by atoms with Crippen molar-refractivity contribution in [3.63, 3.8) is 0 Å². The van der Waals surface area contributed by atoms with Crippen molar-refractivity contribution < 1.29 is 0 Å². The molecule has 0 aliphatic heterocycles. The molecule has 0 atom stereocenters. The van der Waals surface area contributed by atoms with Gasteiger partial charge in [-0.1, -0.05) is 37.5 Å². The fourth-order valence-corrected chi connectivity index (χ4v) is 1.71. The molecular formula is C15H17NO. The average molecular weight is 227 g/mol. The van der Waals surface area contributed by atoms with Crippen LogP contribution < -0.4 is 5.56 Å². The summed E-state index contributed by atoms with van der Waals surface area (Å²) in [6.07, 6.45) is 8.76. The van der Waals surface area contributed by atoms with Gasteiger partial charge in [0.05, 0.1) is 5.56 Å². The van der Waals surface area contributed by atoms with Crippen LogP contribution in [0, 0.1) is 6.92 Å². The fourth-order valence-electron chi connectivity index (χ4n) is 1.71. The summed E-state index contributed by atoms with van der Waals surface area (Å²) < 4.78 is 0. The van der Waals surface area contributed by atoms with Crippen molar-refractivity contribution >= 4 is 5.57 Å². The molecule has 0 bridgehead atoms. The lowest BCUT2D eigenvalue weighted by atomic mass is 9.96. The monoisotopic (exact) mass is 227 g/mol. The van der Waals surface area contributed by atoms with E-state index >= 15 is 0 Å². The highest BCUT2D eigenvalue weighted by Crippen LogP contribution is 2.22. The molecule has 1 N–H and O–H groups in total. The Morgan fingerprint density at radius 1 is 1.29 bits per heavy atom. The lowest BCUT2D eigenvalue weighted by molar-refractivity contribution is 1.18. The molecule has 1 heterocycles. The average Bonchev–Trinajstić information content (AvgIpc) is 2.28. The van der Waals surface area contributed by atoms with E-state index in [1.807, 2.05) is 32.1 Å². The molecule has 0 aliphatic carbocycles. The van der Waals surface area contributed by atoms with Crippen LogP contribution in [0.1, 0.15) is 18.1 Å². The van der Waals surface area contributed by atoms with Crippen LogP contribution in [-0.4, -0.2) is 4.98 Å². The van der Waals surface area contributed by atoms with Crippen LogP contribution >= 0.6 is 0 Å². The maximum atomic E-state index is 11.9. The summed E-state index contributed by atoms with van der Waals surface area (Å²) in [5, 5.41) is 0. The van der Waals surface area contributed by atoms with Gasteiger partial charge in [-0.25, -0.2) is 0 Å². The van der Waals surface area contributed by atoms with Crippen molar-refractivity contribution in [2.45, 2.75) is 13.8 Å². The van der Waals surface area contributed by atoms with Gasteiger partial charge in [0.2, 0.25) is 0 Å². The lowest BCUT2D eigenvalue weighted by Gasteiger charge is -2.09. The van der Waals surface area contributed by atoms with Gasteiger partial charge >= 0.3 is 0 Å². The molecule has 1 aromatic rings. The number of hydrogen-bond donors (Lipinski definition) is 1. The number of rotatable bonds is 4. The zero-order chi connectivity index (χ0) is 12.8. The summed E-state index contributed by atoms with van der Waals surface area (Å²) in [6.45, 7) is 11.2. The number of pyridine rings is 1. The maximum absolute atomic E-state index is 11.9. The lowest BCUT2D eigenvalue weighted by Crippen LogP contribution is -2.13. The van der Waals surface area contributed by atoms with Crippen LogP contribution in [0.3, 0.4) is 0 Å². The van der Waals surface area contributed by atoms with E-state index in [0.29, 0.717) is 5.56 Å². The minimum absolute atomic E-state index is 0.0880. The molecule has 1 rings (SSSR count). The molecule has 0 radical (unpaired) electrons. The Bertz CT molecular complexity index is 544. The second kappa shape index (κ2) is 5.85. The van der Waals surface area contributed by atoms with Gasteiger partial charge in [-0.05, 0) is 36.6 Å². The number of hydrogen-bond acceptors (Lipinski definition) is 1. The SMILES string of the molecule is C=C/C=C(C)\C(=C/C=C)c1c(C)cc[nH]c1=O. The molecule has 2 nitrogen and oxygen atoms in total. The molecule has 17 heavy (non-hydrogen) atoms. The van der Waals surface area contributed by atoms with Gasteiger partial charge in [0.15, 0.2) is 0 Å². The highest BCUT2D eigenvalue weighted by atomic mass is 16.1. The summed E-state index contributed by atoms with van der Waals surface area (Å²) in [5.41, 5.74) is 3.40. The number of nitrogens with one attached hydrogen (secondary N) is 1. The van der Waals surface area contributed by atoms with E-state index in [2.05, 4.69) is 18.1 Å². The van der Waals surface area contributed by atoms with Gasteiger partial charge in [0, 0.05) is 6.20 Å². The first-order chi connectivity index (χ1) is 8.11. The first-order valence-electron chi connectivity index (χ1n) is 5.43. The van der Waals surface area contributed by atoms with Crippen molar-refractivity contribution in [2.75, 3.05) is 0 Å². The number of H-pyrrole nitrogens is 1. The van der Waals surface area contributed by atoms with E-state index in [1.54, 1.807) is 18.3 Å². The Morgan fingerprint density at radius 2 is 1.94 bits per heavy atom. The van der Waals surface area contributed by atoms with Crippen molar-refractivity contribution in [1.82, 2.24) is 4.98 Å². The fraction of sp³-hybridized carbons (Fsp3) is 0.133. The number of aryl methyl sites for hydroxylation is 1. The minimum Gasteiger partial charge on any atom is -0.329 e. The second-order valence-electron chi connectivity index (χ2n) is 3.77. The van der Waals surface area contributed by atoms with E-state index in [0.717, 1.165) is 16.7 Å². The van der Waals surface area contributed by atoms with Gasteiger partial charge in [-0.2, -0.15) is 0 Å². The molecule has 2 heteroatoms. The Morgan fingerprint density at radius 3 is 2.47 bits per heavy atom. The third kappa shape index (κ3) is 2.94. The quantitative estimate of drug-likeness (QED) is 0.786. The van der Waals surface area contributed by atoms with Crippen LogP contribution in [0.2, 0.25) is 0 Å². The third-order valence-corrected chi connectivity index (χ3v) is 2.52. The van der Waals surface area contributed by atoms with E-state index in [-0.39, 0.29) is 5.56 Å². The van der Waals surface area contributed by atoms with Crippen LogP contribution in [0.25, 0.3) is 5.57 Å². The van der Waals surface area contributed by atoms with Crippen LogP contribution in [0.4, 0.5) is 0 Å². The standard InChI is InChI=1S/C15H17NO/c1-5-7-11(3)13(8-6-2)14-12(4)9-10-16-15(14)17/h5-10H,1-2H2,3-4H3,(H,16,17)/b11-7-,13-8+. The zero-order valence-electron chi connectivity index (χ0n) is 10.3. The van der Waals surface area contributed by atoms with Crippen molar-refractivity contribution in [1.29, 1.82) is 0 Å². The molecule has 0 amide bonds. The van der Waals surface area contributed by atoms with Crippen LogP contribution in [0.15, 0.2) is 60.1 Å². The number of aromatic amines is 1. The third-order valence-electron chi connectivity index (χ3n) is 2.52. The van der Waals surface area contributed by atoms with Gasteiger partial charge in [0.25, 0.3) is 5.56 Å². The van der Waals surface area contributed by atoms with Crippen molar-refractivity contribution in [3.05, 3.63) is 76.8 Å². The molecule has 0 spiro atoms. The molecular weight excluding hydrogens is 210 g/mol. The predicted octanol–water partition coefficient (Wildman–Crippen LogP) is 3.39. The maximum Gasteiger partial charge on any atom is 0.256 e. The van der Waals surface area contributed by atoms with Crippen LogP contribution in [-0.2, 0) is 0 Å². The molecule has 0 unspecified atom stereocenters. The van der Waals surface area contributed by atoms with E-state index < -0.39 is 0 Å². The topological polar surface area (TPSA) is 32.9 Å².